The maximum absolute atomic E-state index is 6.02. The number of ether oxygens (including phenoxy) is 1. The van der Waals surface area contributed by atoms with Gasteiger partial charge in [0.15, 0.2) is 0 Å². The van der Waals surface area contributed by atoms with Gasteiger partial charge in [0.1, 0.15) is 6.33 Å². The van der Waals surface area contributed by atoms with E-state index < -0.39 is 0 Å². The van der Waals surface area contributed by atoms with Crippen LogP contribution in [0.15, 0.2) is 30.6 Å². The third-order valence-electron chi connectivity index (χ3n) is 6.47. The molecule has 1 spiro atoms. The van der Waals surface area contributed by atoms with E-state index >= 15 is 0 Å². The van der Waals surface area contributed by atoms with Crippen LogP contribution in [0.1, 0.15) is 44.2 Å². The van der Waals surface area contributed by atoms with Gasteiger partial charge in [-0.3, -0.25) is 0 Å². The largest absolute Gasteiger partial charge is 0.377 e. The van der Waals surface area contributed by atoms with Crippen molar-refractivity contribution in [2.24, 2.45) is 11.3 Å². The number of fused-ring (bicyclic) bond motifs is 2. The fourth-order valence-corrected chi connectivity index (χ4v) is 5.06. The van der Waals surface area contributed by atoms with E-state index in [9.17, 15) is 0 Å². The minimum atomic E-state index is 0.344. The minimum Gasteiger partial charge on any atom is -0.377 e. The molecule has 6 heteroatoms. The van der Waals surface area contributed by atoms with Gasteiger partial charge in [-0.25, -0.2) is 4.68 Å². The van der Waals surface area contributed by atoms with Crippen molar-refractivity contribution in [3.8, 4) is 5.69 Å². The number of nitrogens with one attached hydrogen (secondary N) is 1. The SMILES string of the molecule is C[C@H](N[C@@H]1[C@@H]2CCO[C@@H]2C12CCC2)c1ccc(-n2cnnn2)cc1. The summed E-state index contributed by atoms with van der Waals surface area (Å²) in [6.07, 6.45) is 7.38. The lowest BCUT2D eigenvalue weighted by atomic mass is 9.46. The van der Waals surface area contributed by atoms with Crippen LogP contribution in [0.3, 0.4) is 0 Å². The number of hydrogen-bond acceptors (Lipinski definition) is 5. The average Bonchev–Trinajstić information content (AvgIpc) is 3.22. The Morgan fingerprint density at radius 2 is 2.12 bits per heavy atom. The summed E-state index contributed by atoms with van der Waals surface area (Å²) in [6.45, 7) is 3.21. The molecule has 1 saturated heterocycles. The molecular formula is C18H23N5O. The Labute approximate surface area is 141 Å². The maximum atomic E-state index is 6.02. The van der Waals surface area contributed by atoms with Crippen LogP contribution in [-0.2, 0) is 4.74 Å². The first-order valence-corrected chi connectivity index (χ1v) is 8.99. The van der Waals surface area contributed by atoms with E-state index in [0.29, 0.717) is 29.5 Å². The highest BCUT2D eigenvalue weighted by atomic mass is 16.5. The standard InChI is InChI=1S/C18H23N5O/c1-12(13-3-5-14(6-4-13)23-11-19-21-22-23)20-16-15-7-10-24-17(15)18(16)8-2-9-18/h3-6,11-12,15-17,20H,2,7-10H2,1H3/t12-,15-,16+,17-/m0/s1. The Morgan fingerprint density at radius 1 is 1.29 bits per heavy atom. The Kier molecular flexibility index (Phi) is 3.25. The van der Waals surface area contributed by atoms with Gasteiger partial charge in [0, 0.05) is 30.0 Å². The molecule has 2 aromatic rings. The monoisotopic (exact) mass is 325 g/mol. The second kappa shape index (κ2) is 5.36. The van der Waals surface area contributed by atoms with Crippen molar-refractivity contribution >= 4 is 0 Å². The quantitative estimate of drug-likeness (QED) is 0.934. The van der Waals surface area contributed by atoms with E-state index in [4.69, 9.17) is 4.74 Å². The second-order valence-electron chi connectivity index (χ2n) is 7.54. The molecule has 1 aromatic heterocycles. The summed E-state index contributed by atoms with van der Waals surface area (Å²) in [5.74, 6) is 0.716. The van der Waals surface area contributed by atoms with Crippen molar-refractivity contribution in [2.75, 3.05) is 6.61 Å². The molecule has 24 heavy (non-hydrogen) atoms. The molecule has 0 bridgehead atoms. The van der Waals surface area contributed by atoms with E-state index in [-0.39, 0.29) is 0 Å². The summed E-state index contributed by atoms with van der Waals surface area (Å²) < 4.78 is 7.70. The predicted molar refractivity (Wildman–Crippen MR) is 88.6 cm³/mol. The fraction of sp³-hybridized carbons (Fsp3) is 0.611. The number of aromatic nitrogens is 4. The zero-order valence-corrected chi connectivity index (χ0v) is 13.9. The highest BCUT2D eigenvalue weighted by Gasteiger charge is 2.66. The van der Waals surface area contributed by atoms with Crippen molar-refractivity contribution in [1.82, 2.24) is 25.5 Å². The molecule has 126 valence electrons. The molecule has 2 aliphatic carbocycles. The molecule has 0 unspecified atom stereocenters. The molecule has 3 aliphatic rings. The summed E-state index contributed by atoms with van der Waals surface area (Å²) in [7, 11) is 0. The number of benzene rings is 1. The lowest BCUT2D eigenvalue weighted by Gasteiger charge is -2.64. The molecule has 2 heterocycles. The smallest absolute Gasteiger partial charge is 0.143 e. The van der Waals surface area contributed by atoms with Gasteiger partial charge < -0.3 is 10.1 Å². The van der Waals surface area contributed by atoms with Crippen molar-refractivity contribution < 1.29 is 4.74 Å². The second-order valence-corrected chi connectivity index (χ2v) is 7.54. The van der Waals surface area contributed by atoms with E-state index in [1.54, 1.807) is 11.0 Å². The predicted octanol–water partition coefficient (Wildman–Crippen LogP) is 2.27. The molecule has 0 radical (unpaired) electrons. The van der Waals surface area contributed by atoms with Crippen molar-refractivity contribution in [3.05, 3.63) is 36.2 Å². The van der Waals surface area contributed by atoms with Crippen LogP contribution in [0.4, 0.5) is 0 Å². The first-order chi connectivity index (χ1) is 11.8. The lowest BCUT2D eigenvalue weighted by molar-refractivity contribution is -0.178. The van der Waals surface area contributed by atoms with Crippen LogP contribution < -0.4 is 5.32 Å². The minimum absolute atomic E-state index is 0.344. The molecule has 3 fully saturated rings. The molecular weight excluding hydrogens is 302 g/mol. The zero-order chi connectivity index (χ0) is 16.1. The van der Waals surface area contributed by atoms with Crippen LogP contribution in [0.25, 0.3) is 5.69 Å². The number of nitrogens with zero attached hydrogens (tertiary/aromatic N) is 4. The molecule has 1 aliphatic heterocycles. The molecule has 6 nitrogen and oxygen atoms in total. The Bertz CT molecular complexity index is 710. The van der Waals surface area contributed by atoms with Gasteiger partial charge in [-0.1, -0.05) is 18.6 Å². The van der Waals surface area contributed by atoms with Gasteiger partial charge in [0.05, 0.1) is 11.8 Å². The number of rotatable bonds is 4. The summed E-state index contributed by atoms with van der Waals surface area (Å²) in [4.78, 5) is 0. The van der Waals surface area contributed by atoms with Gasteiger partial charge >= 0.3 is 0 Å². The fourth-order valence-electron chi connectivity index (χ4n) is 5.06. The van der Waals surface area contributed by atoms with E-state index in [1.165, 1.54) is 31.2 Å². The topological polar surface area (TPSA) is 64.9 Å². The van der Waals surface area contributed by atoms with Crippen molar-refractivity contribution in [2.45, 2.75) is 50.8 Å². The first-order valence-electron chi connectivity index (χ1n) is 8.99. The molecule has 4 atom stereocenters. The van der Waals surface area contributed by atoms with E-state index in [2.05, 4.69) is 52.0 Å². The molecule has 1 aromatic carbocycles. The molecule has 2 saturated carbocycles. The van der Waals surface area contributed by atoms with Gasteiger partial charge in [0.2, 0.25) is 0 Å². The van der Waals surface area contributed by atoms with Gasteiger partial charge in [-0.05, 0) is 54.3 Å². The number of tetrazole rings is 1. The normalized spacial score (nSPS) is 31.3. The third-order valence-corrected chi connectivity index (χ3v) is 6.47. The molecule has 0 amide bonds. The summed E-state index contributed by atoms with van der Waals surface area (Å²) in [6, 6.07) is 9.45. The van der Waals surface area contributed by atoms with Crippen LogP contribution in [0, 0.1) is 11.3 Å². The molecule has 5 rings (SSSR count). The highest BCUT2D eigenvalue weighted by molar-refractivity contribution is 5.34. The van der Waals surface area contributed by atoms with Crippen LogP contribution >= 0.6 is 0 Å². The summed E-state index contributed by atoms with van der Waals surface area (Å²) in [5.41, 5.74) is 2.73. The third kappa shape index (κ3) is 1.99. The van der Waals surface area contributed by atoms with Crippen LogP contribution in [-0.4, -0.2) is 39.0 Å². The lowest BCUT2D eigenvalue weighted by Crippen LogP contribution is -2.71. The van der Waals surface area contributed by atoms with E-state index in [0.717, 1.165) is 12.3 Å². The van der Waals surface area contributed by atoms with Gasteiger partial charge in [-0.15, -0.1) is 5.10 Å². The Hall–Kier alpha value is -1.79. The summed E-state index contributed by atoms with van der Waals surface area (Å²) in [5, 5.41) is 15.2. The van der Waals surface area contributed by atoms with Gasteiger partial charge in [0.25, 0.3) is 0 Å². The Morgan fingerprint density at radius 3 is 2.79 bits per heavy atom. The Balaban J connectivity index is 1.31. The van der Waals surface area contributed by atoms with Crippen molar-refractivity contribution in [1.29, 1.82) is 0 Å². The maximum Gasteiger partial charge on any atom is 0.143 e. The van der Waals surface area contributed by atoms with Gasteiger partial charge in [-0.2, -0.15) is 0 Å². The summed E-state index contributed by atoms with van der Waals surface area (Å²) >= 11 is 0. The zero-order valence-electron chi connectivity index (χ0n) is 13.9. The average molecular weight is 325 g/mol. The molecule has 1 N–H and O–H groups in total. The van der Waals surface area contributed by atoms with Crippen LogP contribution in [0.5, 0.6) is 0 Å². The van der Waals surface area contributed by atoms with Crippen LogP contribution in [0.2, 0.25) is 0 Å². The van der Waals surface area contributed by atoms with Crippen molar-refractivity contribution in [3.63, 3.8) is 0 Å². The number of hydrogen-bond donors (Lipinski definition) is 1. The van der Waals surface area contributed by atoms with E-state index in [1.807, 2.05) is 0 Å². The first kappa shape index (κ1) is 14.5. The highest BCUT2D eigenvalue weighted by Crippen LogP contribution is 2.63.